The fraction of sp³-hybridized carbons (Fsp3) is 0.462. The second-order valence-electron chi connectivity index (χ2n) is 4.84. The van der Waals surface area contributed by atoms with Crippen LogP contribution in [0.2, 0.25) is 0 Å². The number of aryl methyl sites for hydroxylation is 1. The van der Waals surface area contributed by atoms with E-state index in [1.165, 1.54) is 0 Å². The van der Waals surface area contributed by atoms with E-state index in [1.807, 2.05) is 26.8 Å². The van der Waals surface area contributed by atoms with Gasteiger partial charge in [0.1, 0.15) is 0 Å². The molecule has 0 aliphatic carbocycles. The van der Waals surface area contributed by atoms with Gasteiger partial charge in [-0.05, 0) is 44.9 Å². The Hall–Kier alpha value is -1.55. The van der Waals surface area contributed by atoms with Gasteiger partial charge in [-0.15, -0.1) is 0 Å². The lowest BCUT2D eigenvalue weighted by molar-refractivity contribution is 0.0698. The molecule has 0 saturated heterocycles. The Balaban J connectivity index is 3.04. The molecule has 1 rings (SSSR count). The number of carbonyl (C=O) groups is 1. The highest BCUT2D eigenvalue weighted by Gasteiger charge is 2.20. The number of nitrogens with one attached hydrogen (secondary N) is 1. The first-order valence-corrected chi connectivity index (χ1v) is 5.59. The van der Waals surface area contributed by atoms with Crippen LogP contribution in [-0.4, -0.2) is 28.3 Å². The van der Waals surface area contributed by atoms with Crippen molar-refractivity contribution in [2.75, 3.05) is 11.9 Å². The van der Waals surface area contributed by atoms with Crippen LogP contribution in [0, 0.1) is 6.92 Å². The number of aliphatic hydroxyl groups excluding tert-OH is 1. The molecule has 0 radical (unpaired) electrons. The van der Waals surface area contributed by atoms with Gasteiger partial charge in [-0.3, -0.25) is 0 Å². The Labute approximate surface area is 101 Å². The SMILES string of the molecule is Cc1ccc(C(=O)O)c(NC(C)(C)CCO)c1. The number of hydrogen-bond donors (Lipinski definition) is 3. The Morgan fingerprint density at radius 1 is 1.41 bits per heavy atom. The third-order valence-electron chi connectivity index (χ3n) is 2.62. The predicted octanol–water partition coefficient (Wildman–Crippen LogP) is 2.27. The fourth-order valence-electron chi connectivity index (χ4n) is 1.65. The molecule has 3 N–H and O–H groups in total. The number of aliphatic hydroxyl groups is 1. The quantitative estimate of drug-likeness (QED) is 0.734. The molecule has 4 heteroatoms. The smallest absolute Gasteiger partial charge is 0.337 e. The molecule has 0 fully saturated rings. The molecule has 0 bridgehead atoms. The number of anilines is 1. The van der Waals surface area contributed by atoms with Crippen molar-refractivity contribution in [3.8, 4) is 0 Å². The summed E-state index contributed by atoms with van der Waals surface area (Å²) in [6.45, 7) is 5.83. The van der Waals surface area contributed by atoms with Crippen LogP contribution in [0.4, 0.5) is 5.69 Å². The minimum atomic E-state index is -0.952. The van der Waals surface area contributed by atoms with Crippen molar-refractivity contribution in [1.29, 1.82) is 0 Å². The van der Waals surface area contributed by atoms with Gasteiger partial charge in [0.25, 0.3) is 0 Å². The number of carboxylic acids is 1. The first kappa shape index (κ1) is 13.5. The molecule has 1 aromatic carbocycles. The summed E-state index contributed by atoms with van der Waals surface area (Å²) in [5.74, 6) is -0.952. The van der Waals surface area contributed by atoms with Crippen molar-refractivity contribution in [2.45, 2.75) is 32.7 Å². The fourth-order valence-corrected chi connectivity index (χ4v) is 1.65. The van der Waals surface area contributed by atoms with Crippen molar-refractivity contribution in [1.82, 2.24) is 0 Å². The van der Waals surface area contributed by atoms with E-state index < -0.39 is 5.97 Å². The first-order chi connectivity index (χ1) is 7.85. The van der Waals surface area contributed by atoms with Gasteiger partial charge in [0.05, 0.1) is 5.56 Å². The highest BCUT2D eigenvalue weighted by molar-refractivity contribution is 5.94. The van der Waals surface area contributed by atoms with Crippen molar-refractivity contribution in [3.63, 3.8) is 0 Å². The molecule has 0 amide bonds. The van der Waals surface area contributed by atoms with Gasteiger partial charge in [-0.2, -0.15) is 0 Å². The van der Waals surface area contributed by atoms with Gasteiger partial charge in [-0.25, -0.2) is 4.79 Å². The Bertz CT molecular complexity index is 413. The highest BCUT2D eigenvalue weighted by atomic mass is 16.4. The molecule has 94 valence electrons. The lowest BCUT2D eigenvalue weighted by Gasteiger charge is -2.27. The highest BCUT2D eigenvalue weighted by Crippen LogP contribution is 2.23. The predicted molar refractivity (Wildman–Crippen MR) is 67.5 cm³/mol. The van der Waals surface area contributed by atoms with Gasteiger partial charge < -0.3 is 15.5 Å². The van der Waals surface area contributed by atoms with Crippen molar-refractivity contribution in [2.24, 2.45) is 0 Å². The minimum Gasteiger partial charge on any atom is -0.478 e. The Morgan fingerprint density at radius 2 is 2.06 bits per heavy atom. The van der Waals surface area contributed by atoms with Gasteiger partial charge in [0.2, 0.25) is 0 Å². The molecule has 0 aromatic heterocycles. The maximum Gasteiger partial charge on any atom is 0.337 e. The largest absolute Gasteiger partial charge is 0.478 e. The third kappa shape index (κ3) is 3.75. The number of benzene rings is 1. The van der Waals surface area contributed by atoms with E-state index >= 15 is 0 Å². The van der Waals surface area contributed by atoms with Gasteiger partial charge >= 0.3 is 5.97 Å². The Kier molecular flexibility index (Phi) is 4.12. The van der Waals surface area contributed by atoms with E-state index in [4.69, 9.17) is 10.2 Å². The molecule has 4 nitrogen and oxygen atoms in total. The normalized spacial score (nSPS) is 11.3. The molecule has 1 aromatic rings. The van der Waals surface area contributed by atoms with Crippen LogP contribution in [0.15, 0.2) is 18.2 Å². The van der Waals surface area contributed by atoms with E-state index in [2.05, 4.69) is 5.32 Å². The van der Waals surface area contributed by atoms with Crippen LogP contribution in [0.25, 0.3) is 0 Å². The molecule has 0 spiro atoms. The minimum absolute atomic E-state index is 0.0637. The van der Waals surface area contributed by atoms with Crippen LogP contribution in [-0.2, 0) is 0 Å². The van der Waals surface area contributed by atoms with Crippen molar-refractivity contribution >= 4 is 11.7 Å². The Morgan fingerprint density at radius 3 is 2.59 bits per heavy atom. The number of aromatic carboxylic acids is 1. The number of rotatable bonds is 5. The summed E-state index contributed by atoms with van der Waals surface area (Å²) in [6, 6.07) is 5.17. The summed E-state index contributed by atoms with van der Waals surface area (Å²) in [5.41, 5.74) is 1.50. The average molecular weight is 237 g/mol. The topological polar surface area (TPSA) is 69.6 Å². The van der Waals surface area contributed by atoms with Crippen LogP contribution < -0.4 is 5.32 Å². The zero-order valence-electron chi connectivity index (χ0n) is 10.4. The summed E-state index contributed by atoms with van der Waals surface area (Å²) in [7, 11) is 0. The van der Waals surface area contributed by atoms with Crippen LogP contribution in [0.3, 0.4) is 0 Å². The molecule has 0 saturated carbocycles. The van der Waals surface area contributed by atoms with Crippen molar-refractivity contribution < 1.29 is 15.0 Å². The van der Waals surface area contributed by atoms with Gasteiger partial charge in [0.15, 0.2) is 0 Å². The van der Waals surface area contributed by atoms with Gasteiger partial charge in [-0.1, -0.05) is 6.07 Å². The summed E-state index contributed by atoms with van der Waals surface area (Å²) in [5, 5.41) is 21.2. The second-order valence-corrected chi connectivity index (χ2v) is 4.84. The van der Waals surface area contributed by atoms with Gasteiger partial charge in [0, 0.05) is 17.8 Å². The standard InChI is InChI=1S/C13H19NO3/c1-9-4-5-10(12(16)17)11(8-9)14-13(2,3)6-7-15/h4-5,8,14-15H,6-7H2,1-3H3,(H,16,17). The molecule has 0 aliphatic heterocycles. The third-order valence-corrected chi connectivity index (χ3v) is 2.62. The van der Waals surface area contributed by atoms with Crippen LogP contribution in [0.1, 0.15) is 36.2 Å². The molecule has 17 heavy (non-hydrogen) atoms. The van der Waals surface area contributed by atoms with Crippen LogP contribution in [0.5, 0.6) is 0 Å². The van der Waals surface area contributed by atoms with E-state index in [0.717, 1.165) is 5.56 Å². The molecule has 0 heterocycles. The summed E-state index contributed by atoms with van der Waals surface area (Å²) >= 11 is 0. The first-order valence-electron chi connectivity index (χ1n) is 5.59. The maximum atomic E-state index is 11.1. The zero-order valence-corrected chi connectivity index (χ0v) is 10.4. The summed E-state index contributed by atoms with van der Waals surface area (Å²) in [6.07, 6.45) is 0.556. The summed E-state index contributed by atoms with van der Waals surface area (Å²) < 4.78 is 0. The monoisotopic (exact) mass is 237 g/mol. The number of hydrogen-bond acceptors (Lipinski definition) is 3. The molecular weight excluding hydrogens is 218 g/mol. The summed E-state index contributed by atoms with van der Waals surface area (Å²) in [4.78, 5) is 11.1. The molecule has 0 unspecified atom stereocenters. The van der Waals surface area contributed by atoms with E-state index in [1.54, 1.807) is 12.1 Å². The average Bonchev–Trinajstić information content (AvgIpc) is 2.15. The van der Waals surface area contributed by atoms with E-state index in [9.17, 15) is 4.79 Å². The second kappa shape index (κ2) is 5.19. The van der Waals surface area contributed by atoms with Crippen molar-refractivity contribution in [3.05, 3.63) is 29.3 Å². The lowest BCUT2D eigenvalue weighted by atomic mass is 9.99. The molecule has 0 aliphatic rings. The molecule has 0 atom stereocenters. The van der Waals surface area contributed by atoms with E-state index in [0.29, 0.717) is 12.1 Å². The molecular formula is C13H19NO3. The lowest BCUT2D eigenvalue weighted by Crippen LogP contribution is -2.32. The van der Waals surface area contributed by atoms with Crippen LogP contribution >= 0.6 is 0 Å². The van der Waals surface area contributed by atoms with E-state index in [-0.39, 0.29) is 17.7 Å². The maximum absolute atomic E-state index is 11.1. The zero-order chi connectivity index (χ0) is 13.1. The number of carboxylic acid groups (broad SMARTS) is 1.